The van der Waals surface area contributed by atoms with Crippen molar-refractivity contribution < 1.29 is 19.1 Å². The van der Waals surface area contributed by atoms with Crippen LogP contribution in [0.4, 0.5) is 0 Å². The molecule has 0 radical (unpaired) electrons. The summed E-state index contributed by atoms with van der Waals surface area (Å²) in [5.74, 6) is -0.934. The number of rotatable bonds is 5. The van der Waals surface area contributed by atoms with Crippen LogP contribution in [0.25, 0.3) is 0 Å². The van der Waals surface area contributed by atoms with Gasteiger partial charge in [-0.1, -0.05) is 6.92 Å². The first kappa shape index (κ1) is 11.6. The molecule has 1 aromatic heterocycles. The third-order valence-electron chi connectivity index (χ3n) is 3.18. The van der Waals surface area contributed by atoms with Gasteiger partial charge >= 0.3 is 5.97 Å². The Kier molecular flexibility index (Phi) is 2.87. The van der Waals surface area contributed by atoms with Crippen molar-refractivity contribution in [3.63, 3.8) is 0 Å². The van der Waals surface area contributed by atoms with Crippen molar-refractivity contribution in [1.29, 1.82) is 0 Å². The van der Waals surface area contributed by atoms with Gasteiger partial charge in [-0.05, 0) is 19.3 Å². The third-order valence-corrected chi connectivity index (χ3v) is 3.18. The van der Waals surface area contributed by atoms with Gasteiger partial charge in [0.1, 0.15) is 6.26 Å². The van der Waals surface area contributed by atoms with Crippen molar-refractivity contribution in [2.45, 2.75) is 32.7 Å². The summed E-state index contributed by atoms with van der Waals surface area (Å²) in [4.78, 5) is 26.1. The van der Waals surface area contributed by atoms with E-state index in [9.17, 15) is 9.59 Å². The number of hydrogen-bond acceptors (Lipinski definition) is 4. The minimum Gasteiger partial charge on any atom is -0.476 e. The summed E-state index contributed by atoms with van der Waals surface area (Å²) in [7, 11) is 0. The van der Waals surface area contributed by atoms with Crippen molar-refractivity contribution in [3.05, 3.63) is 17.8 Å². The van der Waals surface area contributed by atoms with Crippen LogP contribution in [0, 0.1) is 5.41 Å². The zero-order valence-corrected chi connectivity index (χ0v) is 9.52. The number of nitrogens with zero attached hydrogens (tertiary/aromatic N) is 1. The zero-order chi connectivity index (χ0) is 12.5. The second-order valence-electron chi connectivity index (χ2n) is 4.25. The fraction of sp³-hybridized carbons (Fsp3) is 0.545. The first-order valence-electron chi connectivity index (χ1n) is 5.53. The van der Waals surface area contributed by atoms with E-state index >= 15 is 0 Å². The third kappa shape index (κ3) is 2.30. The van der Waals surface area contributed by atoms with Gasteiger partial charge in [0.25, 0.3) is 0 Å². The van der Waals surface area contributed by atoms with Gasteiger partial charge in [0.2, 0.25) is 11.8 Å². The lowest BCUT2D eigenvalue weighted by atomic mass is 10.0. The molecule has 0 saturated heterocycles. The standard InChI is InChI=1S/C11H14N2O4/c1-2-11(3-4-11)10(16)12-5-8-13-7(6-17-8)9(14)15/h6H,2-5H2,1H3,(H,12,16)(H,14,15). The summed E-state index contributed by atoms with van der Waals surface area (Å²) in [6.45, 7) is 2.12. The Morgan fingerprint density at radius 2 is 2.29 bits per heavy atom. The monoisotopic (exact) mass is 238 g/mol. The Morgan fingerprint density at radius 3 is 2.76 bits per heavy atom. The molecule has 0 spiro atoms. The molecule has 6 heteroatoms. The highest BCUT2D eigenvalue weighted by Crippen LogP contribution is 2.48. The first-order valence-corrected chi connectivity index (χ1v) is 5.53. The predicted molar refractivity (Wildman–Crippen MR) is 57.3 cm³/mol. The Morgan fingerprint density at radius 1 is 1.59 bits per heavy atom. The molecule has 1 amide bonds. The molecular formula is C11H14N2O4. The number of aromatic carboxylic acids is 1. The van der Waals surface area contributed by atoms with E-state index in [1.54, 1.807) is 0 Å². The summed E-state index contributed by atoms with van der Waals surface area (Å²) in [5.41, 5.74) is -0.353. The smallest absolute Gasteiger partial charge is 0.357 e. The molecular weight excluding hydrogens is 224 g/mol. The second kappa shape index (κ2) is 4.20. The molecule has 1 heterocycles. The highest BCUT2D eigenvalue weighted by Gasteiger charge is 2.47. The molecule has 0 aliphatic heterocycles. The average molecular weight is 238 g/mol. The van der Waals surface area contributed by atoms with Gasteiger partial charge in [-0.15, -0.1) is 0 Å². The largest absolute Gasteiger partial charge is 0.476 e. The Balaban J connectivity index is 1.89. The Hall–Kier alpha value is -1.85. The Bertz CT molecular complexity index is 448. The topological polar surface area (TPSA) is 92.4 Å². The fourth-order valence-corrected chi connectivity index (χ4v) is 1.73. The maximum absolute atomic E-state index is 11.8. The predicted octanol–water partition coefficient (Wildman–Crippen LogP) is 1.18. The number of carboxylic acid groups (broad SMARTS) is 1. The van der Waals surface area contributed by atoms with E-state index in [0.717, 1.165) is 25.5 Å². The lowest BCUT2D eigenvalue weighted by Gasteiger charge is -2.11. The average Bonchev–Trinajstić information content (AvgIpc) is 2.97. The van der Waals surface area contributed by atoms with Crippen LogP contribution in [0.2, 0.25) is 0 Å². The van der Waals surface area contributed by atoms with Crippen molar-refractivity contribution in [1.82, 2.24) is 10.3 Å². The molecule has 1 saturated carbocycles. The summed E-state index contributed by atoms with van der Waals surface area (Å²) < 4.78 is 4.94. The zero-order valence-electron chi connectivity index (χ0n) is 9.52. The van der Waals surface area contributed by atoms with Crippen LogP contribution in [-0.4, -0.2) is 22.0 Å². The lowest BCUT2D eigenvalue weighted by Crippen LogP contribution is -2.31. The van der Waals surface area contributed by atoms with Gasteiger partial charge < -0.3 is 14.8 Å². The molecule has 1 aromatic rings. The van der Waals surface area contributed by atoms with Crippen molar-refractivity contribution in [2.24, 2.45) is 5.41 Å². The van der Waals surface area contributed by atoms with Crippen molar-refractivity contribution >= 4 is 11.9 Å². The summed E-state index contributed by atoms with van der Waals surface area (Å²) in [6.07, 6.45) is 3.73. The minimum absolute atomic E-state index is 0.00456. The van der Waals surface area contributed by atoms with E-state index in [0.29, 0.717) is 0 Å². The molecule has 1 fully saturated rings. The van der Waals surface area contributed by atoms with Crippen LogP contribution < -0.4 is 5.32 Å². The minimum atomic E-state index is -1.14. The van der Waals surface area contributed by atoms with Crippen LogP contribution in [0.15, 0.2) is 10.7 Å². The summed E-state index contributed by atoms with van der Waals surface area (Å²) in [6, 6.07) is 0. The van der Waals surface area contributed by atoms with E-state index in [4.69, 9.17) is 9.52 Å². The van der Waals surface area contributed by atoms with E-state index in [1.165, 1.54) is 0 Å². The molecule has 6 nitrogen and oxygen atoms in total. The summed E-state index contributed by atoms with van der Waals surface area (Å²) in [5, 5.41) is 11.4. The lowest BCUT2D eigenvalue weighted by molar-refractivity contribution is -0.126. The van der Waals surface area contributed by atoms with Crippen LogP contribution in [0.1, 0.15) is 42.6 Å². The molecule has 1 aliphatic rings. The second-order valence-corrected chi connectivity index (χ2v) is 4.25. The number of carboxylic acids is 1. The SMILES string of the molecule is CCC1(C(=O)NCc2nc(C(=O)O)co2)CC1. The van der Waals surface area contributed by atoms with Crippen molar-refractivity contribution in [3.8, 4) is 0 Å². The van der Waals surface area contributed by atoms with E-state index in [2.05, 4.69) is 10.3 Å². The molecule has 0 aromatic carbocycles. The Labute approximate surface area is 98.0 Å². The maximum atomic E-state index is 11.8. The fourth-order valence-electron chi connectivity index (χ4n) is 1.73. The van der Waals surface area contributed by atoms with E-state index in [1.807, 2.05) is 6.92 Å². The number of oxazole rings is 1. The van der Waals surface area contributed by atoms with E-state index in [-0.39, 0.29) is 29.5 Å². The van der Waals surface area contributed by atoms with Crippen LogP contribution in [-0.2, 0) is 11.3 Å². The van der Waals surface area contributed by atoms with Crippen molar-refractivity contribution in [2.75, 3.05) is 0 Å². The number of hydrogen-bond donors (Lipinski definition) is 2. The highest BCUT2D eigenvalue weighted by molar-refractivity contribution is 5.85. The number of carbonyl (C=O) groups excluding carboxylic acids is 1. The van der Waals surface area contributed by atoms with Gasteiger partial charge in [-0.2, -0.15) is 0 Å². The molecule has 2 rings (SSSR count). The van der Waals surface area contributed by atoms with Gasteiger partial charge in [-0.3, -0.25) is 4.79 Å². The number of amides is 1. The van der Waals surface area contributed by atoms with Gasteiger partial charge in [0, 0.05) is 5.41 Å². The van der Waals surface area contributed by atoms with Gasteiger partial charge in [0.05, 0.1) is 6.54 Å². The summed E-state index contributed by atoms with van der Waals surface area (Å²) >= 11 is 0. The molecule has 0 atom stereocenters. The normalized spacial score (nSPS) is 16.5. The number of nitrogens with one attached hydrogen (secondary N) is 1. The van der Waals surface area contributed by atoms with Crippen LogP contribution in [0.5, 0.6) is 0 Å². The van der Waals surface area contributed by atoms with Gasteiger partial charge in [-0.25, -0.2) is 9.78 Å². The quantitative estimate of drug-likeness (QED) is 0.803. The molecule has 17 heavy (non-hydrogen) atoms. The number of aromatic nitrogens is 1. The number of carbonyl (C=O) groups is 2. The molecule has 1 aliphatic carbocycles. The molecule has 0 bridgehead atoms. The van der Waals surface area contributed by atoms with Crippen LogP contribution >= 0.6 is 0 Å². The van der Waals surface area contributed by atoms with Crippen LogP contribution in [0.3, 0.4) is 0 Å². The molecule has 0 unspecified atom stereocenters. The highest BCUT2D eigenvalue weighted by atomic mass is 16.4. The van der Waals surface area contributed by atoms with Gasteiger partial charge in [0.15, 0.2) is 5.69 Å². The van der Waals surface area contributed by atoms with E-state index < -0.39 is 5.97 Å². The first-order chi connectivity index (χ1) is 8.07. The maximum Gasteiger partial charge on any atom is 0.357 e. The molecule has 2 N–H and O–H groups in total. The molecule has 92 valence electrons.